The van der Waals surface area contributed by atoms with Crippen LogP contribution in [-0.2, 0) is 19.6 Å². The van der Waals surface area contributed by atoms with Gasteiger partial charge < -0.3 is 24.3 Å². The Bertz CT molecular complexity index is 1240. The molecule has 0 aliphatic rings. The second-order valence-electron chi connectivity index (χ2n) is 6.49. The van der Waals surface area contributed by atoms with E-state index in [1.807, 2.05) is 30.3 Å². The summed E-state index contributed by atoms with van der Waals surface area (Å²) in [5.74, 6) is -0.503. The average Bonchev–Trinajstić information content (AvgIpc) is 3.17. The Kier molecular flexibility index (Phi) is 14.0. The van der Waals surface area contributed by atoms with Crippen LogP contribution in [0.5, 0.6) is 0 Å². The molecule has 3 rings (SSSR count). The third kappa shape index (κ3) is 9.45. The van der Waals surface area contributed by atoms with Crippen LogP contribution in [0.25, 0.3) is 22.4 Å². The normalized spacial score (nSPS) is 11.3. The predicted molar refractivity (Wildman–Crippen MR) is 123 cm³/mol. The molecular weight excluding hydrogens is 534 g/mol. The van der Waals surface area contributed by atoms with Gasteiger partial charge in [0, 0.05) is 23.7 Å². The van der Waals surface area contributed by atoms with Gasteiger partial charge in [-0.05, 0) is 24.6 Å². The first kappa shape index (κ1) is 32.1. The van der Waals surface area contributed by atoms with E-state index in [-0.39, 0.29) is 82.1 Å². The van der Waals surface area contributed by atoms with E-state index in [9.17, 15) is 23.4 Å². The smallest absolute Gasteiger partial charge is 0.599 e. The topological polar surface area (TPSA) is 145 Å². The van der Waals surface area contributed by atoms with E-state index in [0.29, 0.717) is 17.0 Å². The molecule has 0 N–H and O–H groups in total. The fourth-order valence-electron chi connectivity index (χ4n) is 2.79. The fraction of sp³-hybridized carbons (Fsp3) is 0.190. The molecule has 0 aliphatic carbocycles. The van der Waals surface area contributed by atoms with E-state index in [4.69, 9.17) is 9.26 Å². The molecule has 14 heteroatoms. The molecule has 0 spiro atoms. The van der Waals surface area contributed by atoms with E-state index < -0.39 is 22.1 Å². The number of sulfonamides is 1. The number of carbonyl (C=O) groups is 1. The maximum Gasteiger partial charge on any atom is 1.00 e. The van der Waals surface area contributed by atoms with Crippen molar-refractivity contribution in [2.45, 2.75) is 11.8 Å². The summed E-state index contributed by atoms with van der Waals surface area (Å²) in [5, 5.41) is 26.2. The fourth-order valence-corrected chi connectivity index (χ4v) is 5.17. The number of aliphatic carboxylic acids is 1. The number of hydrogen-bond donors (Lipinski definition) is 0. The summed E-state index contributed by atoms with van der Waals surface area (Å²) in [7, 11) is -2.09. The van der Waals surface area contributed by atoms with Gasteiger partial charge in [-0.15, -0.1) is 4.40 Å². The first-order valence-corrected chi connectivity index (χ1v) is 13.4. The van der Waals surface area contributed by atoms with Crippen LogP contribution >= 0.6 is 21.6 Å². The van der Waals surface area contributed by atoms with Crippen molar-refractivity contribution >= 4 is 43.7 Å². The monoisotopic (exact) mass is 552 g/mol. The molecule has 1 heterocycles. The zero-order valence-corrected chi connectivity index (χ0v) is 25.7. The zero-order valence-electron chi connectivity index (χ0n) is 19.3. The molecule has 0 amide bonds. The summed E-state index contributed by atoms with van der Waals surface area (Å²) in [6.07, 6.45) is -1.25. The molecule has 0 fully saturated rings. The van der Waals surface area contributed by atoms with Gasteiger partial charge in [-0.3, -0.25) is 0 Å². The third-order valence-electron chi connectivity index (χ3n) is 4.20. The molecule has 0 aliphatic heterocycles. The third-order valence-corrected chi connectivity index (χ3v) is 7.66. The first-order chi connectivity index (χ1) is 15.8. The largest absolute Gasteiger partial charge is 1.00 e. The van der Waals surface area contributed by atoms with E-state index in [2.05, 4.69) is 9.55 Å². The van der Waals surface area contributed by atoms with Crippen molar-refractivity contribution in [1.82, 2.24) is 5.16 Å². The number of hydrogen-bond acceptors (Lipinski definition) is 10. The molecule has 0 atom stereocenters. The number of aryl methyl sites for hydroxylation is 1. The number of benzene rings is 2. The summed E-state index contributed by atoms with van der Waals surface area (Å²) in [6.45, 7) is 1.68. The Morgan fingerprint density at radius 1 is 1.03 bits per heavy atom. The van der Waals surface area contributed by atoms with Crippen molar-refractivity contribution in [1.29, 1.82) is 0 Å². The molecule has 0 saturated heterocycles. The Morgan fingerprint density at radius 3 is 2.31 bits per heavy atom. The molecule has 174 valence electrons. The van der Waals surface area contributed by atoms with Crippen LogP contribution in [0.1, 0.15) is 5.76 Å². The van der Waals surface area contributed by atoms with Crippen LogP contribution < -0.4 is 69.3 Å². The van der Waals surface area contributed by atoms with Crippen molar-refractivity contribution in [2.75, 3.05) is 18.1 Å². The summed E-state index contributed by atoms with van der Waals surface area (Å²) in [6, 6.07) is 15.3. The van der Waals surface area contributed by atoms with Crippen LogP contribution in [0.15, 0.2) is 68.4 Å². The zero-order chi connectivity index (χ0) is 23.8. The number of ether oxygens (including phenoxy) is 1. The van der Waals surface area contributed by atoms with Crippen LogP contribution in [0.4, 0.5) is 0 Å². The molecule has 0 saturated carbocycles. The minimum Gasteiger partial charge on any atom is -0.599 e. The van der Waals surface area contributed by atoms with Crippen molar-refractivity contribution in [3.8, 4) is 22.4 Å². The van der Waals surface area contributed by atoms with Gasteiger partial charge in [-0.1, -0.05) is 69.2 Å². The van der Waals surface area contributed by atoms with E-state index in [1.165, 1.54) is 12.1 Å². The van der Waals surface area contributed by atoms with Crippen molar-refractivity contribution in [3.05, 3.63) is 60.4 Å². The molecule has 2 aromatic carbocycles. The molecule has 0 bridgehead atoms. The molecule has 3 aromatic rings. The Hall–Kier alpha value is -0.960. The summed E-state index contributed by atoms with van der Waals surface area (Å²) in [5.41, 5.74) is 2.92. The summed E-state index contributed by atoms with van der Waals surface area (Å²) >= 11 is 0. The van der Waals surface area contributed by atoms with Crippen molar-refractivity contribution in [2.24, 2.45) is 4.40 Å². The molecule has 1 aromatic heterocycles. The molecule has 0 radical (unpaired) electrons. The standard InChI is InChI=1S/C21H20N2O7S3.2Na/c1-14-19(15-5-3-2-4-6-15)20(22-30-14)16-7-9-17(10-8-16)33(27,28)23-21(26)29-11-12-31-32-13-18(24)25;;/h2-10H,11-13H2,1H3,(H,23,26)(H,24,25);;/q;2*+1/p-2. The molecular formula is C21H18N2Na2O7S3. The van der Waals surface area contributed by atoms with Gasteiger partial charge in [0.25, 0.3) is 10.0 Å². The van der Waals surface area contributed by atoms with Crippen molar-refractivity contribution in [3.63, 3.8) is 0 Å². The summed E-state index contributed by atoms with van der Waals surface area (Å²) < 4.78 is 38.1. The predicted octanol–water partition coefficient (Wildman–Crippen LogP) is -4.12. The van der Waals surface area contributed by atoms with Crippen LogP contribution in [0.2, 0.25) is 0 Å². The number of aromatic nitrogens is 1. The second-order valence-corrected chi connectivity index (χ2v) is 10.7. The van der Waals surface area contributed by atoms with Gasteiger partial charge >= 0.3 is 59.1 Å². The maximum absolute atomic E-state index is 12.4. The number of carboxylic acids is 1. The maximum atomic E-state index is 12.4. The van der Waals surface area contributed by atoms with E-state index >= 15 is 0 Å². The van der Waals surface area contributed by atoms with Gasteiger partial charge in [0.2, 0.25) is 0 Å². The number of carbonyl (C=O) groups excluding carboxylic acids is 1. The van der Waals surface area contributed by atoms with Crippen LogP contribution in [0, 0.1) is 6.92 Å². The van der Waals surface area contributed by atoms with Crippen LogP contribution in [-0.4, -0.2) is 43.7 Å². The van der Waals surface area contributed by atoms with Gasteiger partial charge in [0.05, 0.1) is 16.4 Å². The minimum atomic E-state index is -4.27. The van der Waals surface area contributed by atoms with Gasteiger partial charge in [-0.25, -0.2) is 0 Å². The summed E-state index contributed by atoms with van der Waals surface area (Å²) in [4.78, 5) is 10.1. The first-order valence-electron chi connectivity index (χ1n) is 9.49. The van der Waals surface area contributed by atoms with Crippen molar-refractivity contribution < 1.29 is 91.8 Å². The number of nitrogens with zero attached hydrogens (tertiary/aromatic N) is 2. The number of rotatable bonds is 10. The SMILES string of the molecule is Cc1onc(-c2ccc(S(=O)(=O)/N=C(/[O-])OCCSSCC(=O)[O-])cc2)c1-c1ccccc1.[Na+].[Na+]. The van der Waals surface area contributed by atoms with E-state index in [0.717, 1.165) is 32.7 Å². The van der Waals surface area contributed by atoms with Gasteiger partial charge in [0.1, 0.15) is 11.5 Å². The minimum absolute atomic E-state index is 0. The molecule has 9 nitrogen and oxygen atoms in total. The van der Waals surface area contributed by atoms with Gasteiger partial charge in [0.15, 0.2) is 6.08 Å². The molecule has 0 unspecified atom stereocenters. The van der Waals surface area contributed by atoms with Crippen LogP contribution in [0.3, 0.4) is 0 Å². The Balaban J connectivity index is 0.00000306. The Morgan fingerprint density at radius 2 is 1.69 bits per heavy atom. The quantitative estimate of drug-likeness (QED) is 0.0800. The Labute approximate surface area is 255 Å². The van der Waals surface area contributed by atoms with Gasteiger partial charge in [-0.2, -0.15) is 8.42 Å². The van der Waals surface area contributed by atoms with E-state index in [1.54, 1.807) is 19.1 Å². The number of carboxylic acid groups (broad SMARTS) is 1. The molecule has 35 heavy (non-hydrogen) atoms. The second kappa shape index (κ2) is 15.3. The average molecular weight is 553 g/mol.